The fourth-order valence-electron chi connectivity index (χ4n) is 1.82. The number of nitrogens with zero attached hydrogens (tertiary/aromatic N) is 4. The van der Waals surface area contributed by atoms with Gasteiger partial charge in [-0.15, -0.1) is 5.10 Å². The Labute approximate surface area is 119 Å². The first-order valence-corrected chi connectivity index (χ1v) is 6.26. The molecule has 1 aromatic carbocycles. The first-order chi connectivity index (χ1) is 9.06. The molecule has 0 aliphatic heterocycles. The van der Waals surface area contributed by atoms with Crippen molar-refractivity contribution in [3.05, 3.63) is 40.1 Å². The van der Waals surface area contributed by atoms with E-state index in [9.17, 15) is 0 Å². The summed E-state index contributed by atoms with van der Waals surface area (Å²) in [6, 6.07) is 7.24. The summed E-state index contributed by atoms with van der Waals surface area (Å²) in [6.45, 7) is 1.78. The van der Waals surface area contributed by atoms with Crippen LogP contribution in [0, 0.1) is 6.92 Å². The van der Waals surface area contributed by atoms with E-state index in [0.29, 0.717) is 27.3 Å². The molecule has 0 amide bonds. The number of hydrogen-bond donors (Lipinski definition) is 1. The topological polar surface area (TPSA) is 69.1 Å². The molecule has 2 N–H and O–H groups in total. The number of fused-ring (bicyclic) bond motifs is 1. The maximum absolute atomic E-state index is 6.09. The number of nitrogens with two attached hydrogens (primary N) is 1. The maximum Gasteiger partial charge on any atom is 0.180 e. The van der Waals surface area contributed by atoms with Crippen LogP contribution in [0.15, 0.2) is 24.3 Å². The molecule has 19 heavy (non-hydrogen) atoms. The first-order valence-electron chi connectivity index (χ1n) is 5.50. The summed E-state index contributed by atoms with van der Waals surface area (Å²) in [5.41, 5.74) is 7.15. The Morgan fingerprint density at radius 2 is 1.79 bits per heavy atom. The summed E-state index contributed by atoms with van der Waals surface area (Å²) in [7, 11) is 0. The molecule has 96 valence electrons. The third-order valence-electron chi connectivity index (χ3n) is 2.66. The molecule has 2 aromatic heterocycles. The average Bonchev–Trinajstić information content (AvgIpc) is 2.77. The Bertz CT molecular complexity index is 764. The van der Waals surface area contributed by atoms with E-state index in [0.717, 1.165) is 5.56 Å². The molecule has 0 spiro atoms. The van der Waals surface area contributed by atoms with E-state index in [2.05, 4.69) is 15.1 Å². The van der Waals surface area contributed by atoms with Gasteiger partial charge in [0, 0.05) is 10.6 Å². The quantitative estimate of drug-likeness (QED) is 0.749. The predicted octanol–water partition coefficient (Wildman–Crippen LogP) is 2.99. The summed E-state index contributed by atoms with van der Waals surface area (Å²) in [6.07, 6.45) is 0. The average molecular weight is 294 g/mol. The molecule has 3 rings (SSSR count). The molecule has 3 aromatic rings. The number of rotatable bonds is 1. The van der Waals surface area contributed by atoms with E-state index in [1.807, 2.05) is 12.1 Å². The summed E-state index contributed by atoms with van der Waals surface area (Å²) < 4.78 is 1.58. The van der Waals surface area contributed by atoms with Crippen LogP contribution in [-0.2, 0) is 0 Å². The second-order valence-corrected chi connectivity index (χ2v) is 4.85. The lowest BCUT2D eigenvalue weighted by Gasteiger charge is -2.06. The second-order valence-electron chi connectivity index (χ2n) is 4.04. The van der Waals surface area contributed by atoms with Gasteiger partial charge in [-0.1, -0.05) is 23.2 Å². The predicted molar refractivity (Wildman–Crippen MR) is 75.4 cm³/mol. The van der Waals surface area contributed by atoms with Crippen LogP contribution in [0.2, 0.25) is 10.0 Å². The minimum absolute atomic E-state index is 0.228. The molecule has 2 heterocycles. The number of aryl methyl sites for hydroxylation is 1. The van der Waals surface area contributed by atoms with Gasteiger partial charge in [-0.3, -0.25) is 0 Å². The third-order valence-corrected chi connectivity index (χ3v) is 3.28. The molecule has 0 radical (unpaired) electrons. The molecule has 0 unspecified atom stereocenters. The molecular weight excluding hydrogens is 285 g/mol. The highest BCUT2D eigenvalue weighted by Crippen LogP contribution is 2.27. The zero-order chi connectivity index (χ0) is 13.6. The zero-order valence-electron chi connectivity index (χ0n) is 9.93. The van der Waals surface area contributed by atoms with Gasteiger partial charge in [0.1, 0.15) is 16.7 Å². The van der Waals surface area contributed by atoms with Gasteiger partial charge >= 0.3 is 0 Å². The van der Waals surface area contributed by atoms with Gasteiger partial charge in [-0.2, -0.15) is 4.52 Å². The normalized spacial score (nSPS) is 11.1. The molecule has 7 heteroatoms. The van der Waals surface area contributed by atoms with Crippen LogP contribution >= 0.6 is 23.2 Å². The van der Waals surface area contributed by atoms with Crippen LogP contribution in [0.1, 0.15) is 5.82 Å². The van der Waals surface area contributed by atoms with E-state index >= 15 is 0 Å². The number of halogens is 2. The Kier molecular flexibility index (Phi) is 2.80. The highest BCUT2D eigenvalue weighted by atomic mass is 35.5. The van der Waals surface area contributed by atoms with E-state index in [1.165, 1.54) is 0 Å². The highest BCUT2D eigenvalue weighted by molar-refractivity contribution is 6.35. The van der Waals surface area contributed by atoms with Gasteiger partial charge < -0.3 is 5.73 Å². The number of hydrogen-bond acceptors (Lipinski definition) is 4. The number of nitrogen functional groups attached to an aromatic ring is 1. The minimum atomic E-state index is 0.228. The van der Waals surface area contributed by atoms with Gasteiger partial charge in [-0.05, 0) is 31.2 Å². The van der Waals surface area contributed by atoms with Gasteiger partial charge in [0.05, 0.1) is 0 Å². The van der Waals surface area contributed by atoms with Gasteiger partial charge in [0.15, 0.2) is 11.5 Å². The van der Waals surface area contributed by atoms with Crippen molar-refractivity contribution in [2.24, 2.45) is 0 Å². The van der Waals surface area contributed by atoms with Crippen molar-refractivity contribution in [2.45, 2.75) is 6.92 Å². The third kappa shape index (κ3) is 2.01. The lowest BCUT2D eigenvalue weighted by Crippen LogP contribution is -2.03. The van der Waals surface area contributed by atoms with Crippen LogP contribution in [0.3, 0.4) is 0 Å². The fourth-order valence-corrected chi connectivity index (χ4v) is 2.11. The van der Waals surface area contributed by atoms with Crippen molar-refractivity contribution in [1.82, 2.24) is 19.6 Å². The Morgan fingerprint density at radius 1 is 1.11 bits per heavy atom. The zero-order valence-corrected chi connectivity index (χ0v) is 11.4. The first kappa shape index (κ1) is 12.2. The van der Waals surface area contributed by atoms with Crippen LogP contribution in [0.4, 0.5) is 5.82 Å². The van der Waals surface area contributed by atoms with E-state index < -0.39 is 0 Å². The monoisotopic (exact) mass is 293 g/mol. The van der Waals surface area contributed by atoms with Gasteiger partial charge in [-0.25, -0.2) is 9.97 Å². The fraction of sp³-hybridized carbons (Fsp3) is 0.0833. The molecule has 0 saturated heterocycles. The molecule has 0 aliphatic rings. The Hall–Kier alpha value is -1.85. The van der Waals surface area contributed by atoms with Crippen LogP contribution in [-0.4, -0.2) is 19.6 Å². The standard InChI is InChI=1S/C12H9Cl2N5/c1-6-16-12-9(14)10(15)17-11(19(12)18-6)7-2-4-8(13)5-3-7/h2-5H,15H2,1H3. The number of anilines is 1. The maximum atomic E-state index is 6.09. The molecule has 0 saturated carbocycles. The summed E-state index contributed by atoms with van der Waals surface area (Å²) in [5.74, 6) is 1.41. The minimum Gasteiger partial charge on any atom is -0.382 e. The lowest BCUT2D eigenvalue weighted by atomic mass is 10.2. The Morgan fingerprint density at radius 3 is 2.47 bits per heavy atom. The van der Waals surface area contributed by atoms with Crippen molar-refractivity contribution in [1.29, 1.82) is 0 Å². The highest BCUT2D eigenvalue weighted by Gasteiger charge is 2.15. The van der Waals surface area contributed by atoms with Crippen molar-refractivity contribution in [3.8, 4) is 11.4 Å². The number of benzene rings is 1. The molecular formula is C12H9Cl2N5. The van der Waals surface area contributed by atoms with E-state index in [4.69, 9.17) is 28.9 Å². The molecule has 0 aliphatic carbocycles. The van der Waals surface area contributed by atoms with Crippen LogP contribution in [0.25, 0.3) is 17.0 Å². The summed E-state index contributed by atoms with van der Waals surface area (Å²) in [5, 5.41) is 5.24. The van der Waals surface area contributed by atoms with Gasteiger partial charge in [0.25, 0.3) is 0 Å². The Balaban J connectivity index is 2.34. The van der Waals surface area contributed by atoms with E-state index in [1.54, 1.807) is 23.6 Å². The molecule has 0 fully saturated rings. The van der Waals surface area contributed by atoms with Crippen LogP contribution in [0.5, 0.6) is 0 Å². The number of aromatic nitrogens is 4. The second kappa shape index (κ2) is 4.36. The molecule has 0 atom stereocenters. The largest absolute Gasteiger partial charge is 0.382 e. The summed E-state index contributed by atoms with van der Waals surface area (Å²) >= 11 is 12.0. The smallest absolute Gasteiger partial charge is 0.180 e. The summed E-state index contributed by atoms with van der Waals surface area (Å²) in [4.78, 5) is 8.53. The van der Waals surface area contributed by atoms with Crippen molar-refractivity contribution >= 4 is 34.7 Å². The molecule has 0 bridgehead atoms. The van der Waals surface area contributed by atoms with Crippen molar-refractivity contribution in [3.63, 3.8) is 0 Å². The molecule has 5 nitrogen and oxygen atoms in total. The lowest BCUT2D eigenvalue weighted by molar-refractivity contribution is 0.912. The van der Waals surface area contributed by atoms with Crippen LogP contribution < -0.4 is 5.73 Å². The van der Waals surface area contributed by atoms with Crippen molar-refractivity contribution in [2.75, 3.05) is 5.73 Å². The van der Waals surface area contributed by atoms with Crippen molar-refractivity contribution < 1.29 is 0 Å². The van der Waals surface area contributed by atoms with Gasteiger partial charge in [0.2, 0.25) is 0 Å². The SMILES string of the molecule is Cc1nc2c(Cl)c(N)nc(-c3ccc(Cl)cc3)n2n1. The van der Waals surface area contributed by atoms with E-state index in [-0.39, 0.29) is 5.82 Å².